The molecule has 1 aromatic heterocycles. The largest absolute Gasteiger partial charge is 0.329 e. The molecule has 0 aliphatic heterocycles. The van der Waals surface area contributed by atoms with E-state index >= 15 is 0 Å². The summed E-state index contributed by atoms with van der Waals surface area (Å²) in [5, 5.41) is 0. The highest BCUT2D eigenvalue weighted by atomic mass is 35.5. The summed E-state index contributed by atoms with van der Waals surface area (Å²) in [6, 6.07) is 6.58. The first-order valence-electron chi connectivity index (χ1n) is 5.61. The summed E-state index contributed by atoms with van der Waals surface area (Å²) < 4.78 is 0. The van der Waals surface area contributed by atoms with Crippen LogP contribution in [0.1, 0.15) is 18.5 Å². The van der Waals surface area contributed by atoms with Gasteiger partial charge in [-0.1, -0.05) is 6.07 Å². The molecule has 2 N–H and O–H groups in total. The molecule has 0 aromatic carbocycles. The molecule has 17 heavy (non-hydrogen) atoms. The van der Waals surface area contributed by atoms with E-state index in [1.54, 1.807) is 0 Å². The number of hydrogen-bond acceptors (Lipinski definition) is 3. The molecule has 0 amide bonds. The van der Waals surface area contributed by atoms with Crippen molar-refractivity contribution in [3.05, 3.63) is 30.1 Å². The maximum atomic E-state index is 5.81. The first-order valence-corrected chi connectivity index (χ1v) is 5.61. The molecular formula is C12H21Cl2N3. The Kier molecular flexibility index (Phi) is 7.71. The van der Waals surface area contributed by atoms with E-state index in [2.05, 4.69) is 23.0 Å². The van der Waals surface area contributed by atoms with Crippen LogP contribution in [0.3, 0.4) is 0 Å². The van der Waals surface area contributed by atoms with Gasteiger partial charge in [0.2, 0.25) is 0 Å². The fraction of sp³-hybridized carbons (Fsp3) is 0.583. The van der Waals surface area contributed by atoms with Gasteiger partial charge in [0.1, 0.15) is 0 Å². The van der Waals surface area contributed by atoms with Crippen LogP contribution < -0.4 is 5.73 Å². The fourth-order valence-corrected chi connectivity index (χ4v) is 2.08. The lowest BCUT2D eigenvalue weighted by molar-refractivity contribution is 0.213. The number of nitrogens with two attached hydrogens (primary N) is 1. The molecule has 0 radical (unpaired) electrons. The van der Waals surface area contributed by atoms with Crippen LogP contribution in [-0.2, 0) is 6.54 Å². The smallest absolute Gasteiger partial charge is 0.0543 e. The lowest BCUT2D eigenvalue weighted by Gasteiger charge is -2.26. The summed E-state index contributed by atoms with van der Waals surface area (Å²) in [5.74, 6) is 0.823. The topological polar surface area (TPSA) is 42.2 Å². The number of hydrogen-bond donors (Lipinski definition) is 1. The zero-order valence-corrected chi connectivity index (χ0v) is 11.7. The van der Waals surface area contributed by atoms with E-state index in [1.165, 1.54) is 12.8 Å². The molecule has 1 fully saturated rings. The molecule has 0 spiro atoms. The van der Waals surface area contributed by atoms with Crippen molar-refractivity contribution in [2.45, 2.75) is 25.4 Å². The normalized spacial score (nSPS) is 15.9. The van der Waals surface area contributed by atoms with Gasteiger partial charge in [0.15, 0.2) is 0 Å². The molecule has 3 nitrogen and oxygen atoms in total. The molecule has 1 aromatic rings. The molecule has 1 aliphatic carbocycles. The minimum Gasteiger partial charge on any atom is -0.329 e. The van der Waals surface area contributed by atoms with Crippen LogP contribution in [0.2, 0.25) is 0 Å². The first-order chi connectivity index (χ1) is 7.31. The van der Waals surface area contributed by atoms with Crippen LogP contribution >= 0.6 is 24.8 Å². The molecule has 0 saturated heterocycles. The van der Waals surface area contributed by atoms with E-state index < -0.39 is 0 Å². The molecule has 1 heterocycles. The third-order valence-corrected chi connectivity index (χ3v) is 3.11. The Bertz CT molecular complexity index is 304. The van der Waals surface area contributed by atoms with E-state index in [-0.39, 0.29) is 24.8 Å². The third kappa shape index (κ3) is 4.80. The molecular weight excluding hydrogens is 257 g/mol. The summed E-state index contributed by atoms with van der Waals surface area (Å²) >= 11 is 0. The van der Waals surface area contributed by atoms with Crippen molar-refractivity contribution in [2.24, 2.45) is 11.7 Å². The Morgan fingerprint density at radius 3 is 2.59 bits per heavy atom. The second-order valence-electron chi connectivity index (χ2n) is 4.38. The number of pyridine rings is 1. The van der Waals surface area contributed by atoms with Gasteiger partial charge in [-0.05, 0) is 37.9 Å². The Morgan fingerprint density at radius 2 is 2.12 bits per heavy atom. The predicted octanol–water partition coefficient (Wildman–Crippen LogP) is 2.09. The number of nitrogens with zero attached hydrogens (tertiary/aromatic N) is 2. The molecule has 1 saturated carbocycles. The van der Waals surface area contributed by atoms with Gasteiger partial charge in [0.25, 0.3) is 0 Å². The first kappa shape index (κ1) is 16.6. The number of halogens is 2. The predicted molar refractivity (Wildman–Crippen MR) is 75.8 cm³/mol. The maximum Gasteiger partial charge on any atom is 0.0543 e. The van der Waals surface area contributed by atoms with Gasteiger partial charge in [-0.3, -0.25) is 9.88 Å². The Hall–Kier alpha value is -0.350. The Balaban J connectivity index is 0.00000128. The molecule has 1 aliphatic rings. The van der Waals surface area contributed by atoms with Gasteiger partial charge in [0.05, 0.1) is 5.69 Å². The van der Waals surface area contributed by atoms with Crippen molar-refractivity contribution in [2.75, 3.05) is 13.6 Å². The summed E-state index contributed by atoms with van der Waals surface area (Å²) in [5.41, 5.74) is 6.93. The van der Waals surface area contributed by atoms with Crippen molar-refractivity contribution in [3.8, 4) is 0 Å². The van der Waals surface area contributed by atoms with Gasteiger partial charge in [0, 0.05) is 25.3 Å². The van der Waals surface area contributed by atoms with Gasteiger partial charge in [-0.15, -0.1) is 24.8 Å². The van der Waals surface area contributed by atoms with Crippen LogP contribution in [-0.4, -0.2) is 29.5 Å². The van der Waals surface area contributed by atoms with Crippen LogP contribution in [0.15, 0.2) is 24.4 Å². The van der Waals surface area contributed by atoms with E-state index in [0.717, 1.165) is 24.7 Å². The molecule has 1 atom stereocenters. The summed E-state index contributed by atoms with van der Waals surface area (Å²) in [6.45, 7) is 1.66. The Labute approximate surface area is 116 Å². The summed E-state index contributed by atoms with van der Waals surface area (Å²) in [6.07, 6.45) is 4.53. The van der Waals surface area contributed by atoms with E-state index in [4.69, 9.17) is 5.73 Å². The number of rotatable bonds is 5. The highest BCUT2D eigenvalue weighted by molar-refractivity contribution is 5.85. The minimum absolute atomic E-state index is 0. The monoisotopic (exact) mass is 277 g/mol. The fourth-order valence-electron chi connectivity index (χ4n) is 2.08. The zero-order chi connectivity index (χ0) is 10.7. The van der Waals surface area contributed by atoms with Gasteiger partial charge in [-0.2, -0.15) is 0 Å². The van der Waals surface area contributed by atoms with Crippen molar-refractivity contribution < 1.29 is 0 Å². The number of likely N-dealkylation sites (N-methyl/N-ethyl adjacent to an activating group) is 1. The summed E-state index contributed by atoms with van der Waals surface area (Å²) in [4.78, 5) is 6.67. The van der Waals surface area contributed by atoms with Gasteiger partial charge >= 0.3 is 0 Å². The minimum atomic E-state index is 0. The SMILES string of the molecule is CN(Cc1ccccn1)C(CN)C1CC1.Cl.Cl. The molecule has 2 rings (SSSR count). The molecule has 98 valence electrons. The lowest BCUT2D eigenvalue weighted by atomic mass is 10.1. The van der Waals surface area contributed by atoms with Crippen LogP contribution in [0.5, 0.6) is 0 Å². The van der Waals surface area contributed by atoms with Crippen molar-refractivity contribution in [1.82, 2.24) is 9.88 Å². The average Bonchev–Trinajstić information content (AvgIpc) is 3.04. The van der Waals surface area contributed by atoms with Gasteiger partial charge in [-0.25, -0.2) is 0 Å². The van der Waals surface area contributed by atoms with E-state index in [0.29, 0.717) is 6.04 Å². The van der Waals surface area contributed by atoms with Crippen LogP contribution in [0.4, 0.5) is 0 Å². The second-order valence-corrected chi connectivity index (χ2v) is 4.38. The van der Waals surface area contributed by atoms with Gasteiger partial charge < -0.3 is 5.73 Å². The van der Waals surface area contributed by atoms with E-state index in [1.807, 2.05) is 18.3 Å². The number of aromatic nitrogens is 1. The maximum absolute atomic E-state index is 5.81. The molecule has 0 bridgehead atoms. The van der Waals surface area contributed by atoms with Crippen LogP contribution in [0, 0.1) is 5.92 Å². The van der Waals surface area contributed by atoms with Crippen molar-refractivity contribution in [3.63, 3.8) is 0 Å². The van der Waals surface area contributed by atoms with E-state index in [9.17, 15) is 0 Å². The molecule has 5 heteroatoms. The van der Waals surface area contributed by atoms with Crippen LogP contribution in [0.25, 0.3) is 0 Å². The average molecular weight is 278 g/mol. The highest BCUT2D eigenvalue weighted by Crippen LogP contribution is 2.34. The Morgan fingerprint density at radius 1 is 1.41 bits per heavy atom. The highest BCUT2D eigenvalue weighted by Gasteiger charge is 2.32. The lowest BCUT2D eigenvalue weighted by Crippen LogP contribution is -2.39. The second kappa shape index (κ2) is 7.88. The quantitative estimate of drug-likeness (QED) is 0.896. The zero-order valence-electron chi connectivity index (χ0n) is 10.1. The van der Waals surface area contributed by atoms with Crippen molar-refractivity contribution in [1.29, 1.82) is 0 Å². The third-order valence-electron chi connectivity index (χ3n) is 3.11. The standard InChI is InChI=1S/C12H19N3.2ClH/c1-15(12(8-13)10-5-6-10)9-11-4-2-3-7-14-11;;/h2-4,7,10,12H,5-6,8-9,13H2,1H3;2*1H. The summed E-state index contributed by atoms with van der Waals surface area (Å²) in [7, 11) is 2.14. The molecule has 1 unspecified atom stereocenters. The van der Waals surface area contributed by atoms with Crippen molar-refractivity contribution >= 4 is 24.8 Å².